The monoisotopic (exact) mass is 215 g/mol. The summed E-state index contributed by atoms with van der Waals surface area (Å²) in [5.41, 5.74) is 6.33. The van der Waals surface area contributed by atoms with Crippen molar-refractivity contribution in [3.63, 3.8) is 0 Å². The molecule has 11 heavy (non-hydrogen) atoms. The predicted molar refractivity (Wildman–Crippen MR) is 48.4 cm³/mol. The summed E-state index contributed by atoms with van der Waals surface area (Å²) in [6.07, 6.45) is 0. The van der Waals surface area contributed by atoms with E-state index in [9.17, 15) is 0 Å². The van der Waals surface area contributed by atoms with Gasteiger partial charge >= 0.3 is 7.12 Å². The van der Waals surface area contributed by atoms with E-state index in [1.807, 2.05) is 0 Å². The summed E-state index contributed by atoms with van der Waals surface area (Å²) in [6, 6.07) is 4.79. The van der Waals surface area contributed by atoms with Crippen LogP contribution in [-0.2, 0) is 0 Å². The third kappa shape index (κ3) is 2.22. The third-order valence-corrected chi connectivity index (χ3v) is 1.70. The van der Waals surface area contributed by atoms with Crippen LogP contribution in [0.2, 0.25) is 0 Å². The second kappa shape index (κ2) is 3.25. The molecule has 58 valence electrons. The lowest BCUT2D eigenvalue weighted by Crippen LogP contribution is -2.29. The second-order valence-electron chi connectivity index (χ2n) is 2.19. The quantitative estimate of drug-likeness (QED) is 0.446. The fourth-order valence-electron chi connectivity index (χ4n) is 0.785. The minimum Gasteiger partial charge on any atom is -0.423 e. The number of hydrogen-bond acceptors (Lipinski definition) is 3. The number of benzene rings is 1. The Morgan fingerprint density at radius 3 is 2.36 bits per heavy atom. The Morgan fingerprint density at radius 2 is 1.91 bits per heavy atom. The Bertz CT molecular complexity index is 247. The molecule has 0 aliphatic rings. The highest BCUT2D eigenvalue weighted by Crippen LogP contribution is 2.11. The molecule has 1 rings (SSSR count). The van der Waals surface area contributed by atoms with E-state index in [4.69, 9.17) is 15.8 Å². The van der Waals surface area contributed by atoms with Crippen LogP contribution < -0.4 is 11.2 Å². The van der Waals surface area contributed by atoms with Crippen LogP contribution in [0.15, 0.2) is 22.7 Å². The molecule has 0 saturated carbocycles. The van der Waals surface area contributed by atoms with Gasteiger partial charge in [-0.3, -0.25) is 0 Å². The molecule has 5 heteroatoms. The lowest BCUT2D eigenvalue weighted by molar-refractivity contribution is 0.426. The van der Waals surface area contributed by atoms with Gasteiger partial charge in [-0.25, -0.2) is 0 Å². The Labute approximate surface area is 73.1 Å². The zero-order valence-electron chi connectivity index (χ0n) is 5.66. The molecule has 0 heterocycles. The lowest BCUT2D eigenvalue weighted by Gasteiger charge is -2.01. The van der Waals surface area contributed by atoms with Crippen LogP contribution in [0, 0.1) is 0 Å². The summed E-state index contributed by atoms with van der Waals surface area (Å²) in [7, 11) is -1.46. The zero-order valence-corrected chi connectivity index (χ0v) is 7.25. The number of hydrogen-bond donors (Lipinski definition) is 3. The molecule has 0 amide bonds. The van der Waals surface area contributed by atoms with Crippen LogP contribution in [0.4, 0.5) is 5.69 Å². The van der Waals surface area contributed by atoms with E-state index in [1.165, 1.54) is 6.07 Å². The van der Waals surface area contributed by atoms with Crippen molar-refractivity contribution >= 4 is 34.2 Å². The molecule has 0 fully saturated rings. The van der Waals surface area contributed by atoms with Gasteiger partial charge in [0.1, 0.15) is 0 Å². The first-order valence-electron chi connectivity index (χ1n) is 3.01. The summed E-state index contributed by atoms with van der Waals surface area (Å²) in [6.45, 7) is 0. The van der Waals surface area contributed by atoms with Gasteiger partial charge < -0.3 is 15.8 Å². The summed E-state index contributed by atoms with van der Waals surface area (Å²) >= 11 is 3.18. The number of nitrogen functional groups attached to an aromatic ring is 1. The van der Waals surface area contributed by atoms with Gasteiger partial charge in [-0.15, -0.1) is 0 Å². The number of halogens is 1. The van der Waals surface area contributed by atoms with E-state index < -0.39 is 7.12 Å². The summed E-state index contributed by atoms with van der Waals surface area (Å²) < 4.78 is 0.737. The van der Waals surface area contributed by atoms with E-state index in [2.05, 4.69) is 15.9 Å². The molecule has 1 aromatic rings. The molecule has 0 aliphatic carbocycles. The molecule has 3 nitrogen and oxygen atoms in total. The van der Waals surface area contributed by atoms with Crippen molar-refractivity contribution in [1.82, 2.24) is 0 Å². The maximum atomic E-state index is 8.75. The largest absolute Gasteiger partial charge is 0.488 e. The maximum Gasteiger partial charge on any atom is 0.488 e. The van der Waals surface area contributed by atoms with Crippen LogP contribution >= 0.6 is 15.9 Å². The summed E-state index contributed by atoms with van der Waals surface area (Å²) in [5.74, 6) is 0. The lowest BCUT2D eigenvalue weighted by atomic mass is 9.80. The Balaban J connectivity index is 3.08. The van der Waals surface area contributed by atoms with E-state index in [0.717, 1.165) is 4.47 Å². The Kier molecular flexibility index (Phi) is 2.54. The number of rotatable bonds is 1. The van der Waals surface area contributed by atoms with Crippen LogP contribution in [0.1, 0.15) is 0 Å². The minimum atomic E-state index is -1.46. The molecular formula is C6H7BBrNO2. The van der Waals surface area contributed by atoms with Gasteiger partial charge in [0.15, 0.2) is 0 Å². The van der Waals surface area contributed by atoms with Gasteiger partial charge in [0.05, 0.1) is 0 Å². The SMILES string of the molecule is Nc1cc(Br)cc(B(O)O)c1. The molecule has 0 aromatic heterocycles. The number of nitrogens with two attached hydrogens (primary N) is 1. The van der Waals surface area contributed by atoms with Gasteiger partial charge in [-0.2, -0.15) is 0 Å². The van der Waals surface area contributed by atoms with E-state index in [1.54, 1.807) is 12.1 Å². The van der Waals surface area contributed by atoms with Crippen molar-refractivity contribution in [2.45, 2.75) is 0 Å². The minimum absolute atomic E-state index is 0.386. The molecular weight excluding hydrogens is 209 g/mol. The molecule has 0 spiro atoms. The maximum absolute atomic E-state index is 8.75. The van der Waals surface area contributed by atoms with Gasteiger partial charge in [0, 0.05) is 10.2 Å². The van der Waals surface area contributed by atoms with Crippen molar-refractivity contribution in [1.29, 1.82) is 0 Å². The number of anilines is 1. The van der Waals surface area contributed by atoms with Crippen LogP contribution in [0.5, 0.6) is 0 Å². The molecule has 0 saturated heterocycles. The van der Waals surface area contributed by atoms with Gasteiger partial charge in [0.2, 0.25) is 0 Å². The van der Waals surface area contributed by atoms with Crippen molar-refractivity contribution in [2.75, 3.05) is 5.73 Å². The topological polar surface area (TPSA) is 66.5 Å². The zero-order chi connectivity index (χ0) is 8.43. The molecule has 0 aliphatic heterocycles. The predicted octanol–water partition coefficient (Wildman–Crippen LogP) is -0.289. The average molecular weight is 216 g/mol. The van der Waals surface area contributed by atoms with Gasteiger partial charge in [0.25, 0.3) is 0 Å². The summed E-state index contributed by atoms with van der Waals surface area (Å²) in [4.78, 5) is 0. The third-order valence-electron chi connectivity index (χ3n) is 1.24. The highest BCUT2D eigenvalue weighted by atomic mass is 79.9. The second-order valence-corrected chi connectivity index (χ2v) is 3.11. The highest BCUT2D eigenvalue weighted by Gasteiger charge is 2.11. The summed E-state index contributed by atoms with van der Waals surface area (Å²) in [5, 5.41) is 17.5. The van der Waals surface area contributed by atoms with E-state index in [0.29, 0.717) is 11.2 Å². The standard InChI is InChI=1S/C6H7BBrNO2/c8-5-1-4(7(10)11)2-6(9)3-5/h1-3,10-11H,9H2. The molecule has 1 aromatic carbocycles. The molecule has 4 N–H and O–H groups in total. The van der Waals surface area contributed by atoms with Crippen LogP contribution in [0.25, 0.3) is 0 Å². The van der Waals surface area contributed by atoms with E-state index >= 15 is 0 Å². The van der Waals surface area contributed by atoms with Crippen LogP contribution in [-0.4, -0.2) is 17.2 Å². The molecule has 0 unspecified atom stereocenters. The molecule has 0 radical (unpaired) electrons. The fourth-order valence-corrected chi connectivity index (χ4v) is 1.31. The normalized spacial score (nSPS) is 9.73. The average Bonchev–Trinajstić information content (AvgIpc) is 1.85. The van der Waals surface area contributed by atoms with Crippen molar-refractivity contribution < 1.29 is 10.0 Å². The smallest absolute Gasteiger partial charge is 0.423 e. The fraction of sp³-hybridized carbons (Fsp3) is 0. The molecule has 0 bridgehead atoms. The van der Waals surface area contributed by atoms with E-state index in [-0.39, 0.29) is 0 Å². The highest BCUT2D eigenvalue weighted by molar-refractivity contribution is 9.10. The first kappa shape index (κ1) is 8.58. The first-order valence-corrected chi connectivity index (χ1v) is 3.81. The Morgan fingerprint density at radius 1 is 1.27 bits per heavy atom. The Hall–Kier alpha value is -0.515. The molecule has 0 atom stereocenters. The van der Waals surface area contributed by atoms with Crippen molar-refractivity contribution in [3.8, 4) is 0 Å². The van der Waals surface area contributed by atoms with Crippen molar-refractivity contribution in [2.24, 2.45) is 0 Å². The first-order chi connectivity index (χ1) is 5.09. The van der Waals surface area contributed by atoms with Crippen molar-refractivity contribution in [3.05, 3.63) is 22.7 Å². The van der Waals surface area contributed by atoms with Gasteiger partial charge in [-0.1, -0.05) is 15.9 Å². The van der Waals surface area contributed by atoms with Gasteiger partial charge in [-0.05, 0) is 23.7 Å². The van der Waals surface area contributed by atoms with Crippen LogP contribution in [0.3, 0.4) is 0 Å².